The van der Waals surface area contributed by atoms with Crippen molar-refractivity contribution in [3.8, 4) is 0 Å². The summed E-state index contributed by atoms with van der Waals surface area (Å²) in [6.45, 7) is 3.09. The molecule has 23 heavy (non-hydrogen) atoms. The highest BCUT2D eigenvalue weighted by atomic mass is 15.4. The van der Waals surface area contributed by atoms with Crippen molar-refractivity contribution in [1.29, 1.82) is 0 Å². The zero-order chi connectivity index (χ0) is 16.4. The third kappa shape index (κ3) is 3.45. The minimum Gasteiger partial charge on any atom is -0.300 e. The van der Waals surface area contributed by atoms with E-state index >= 15 is 0 Å². The summed E-state index contributed by atoms with van der Waals surface area (Å²) in [6, 6.07) is 2.59. The normalized spacial score (nSPS) is 22.8. The molecule has 7 nitrogen and oxygen atoms in total. The summed E-state index contributed by atoms with van der Waals surface area (Å²) >= 11 is 0. The largest absolute Gasteiger partial charge is 0.300 e. The van der Waals surface area contributed by atoms with Crippen molar-refractivity contribution in [3.63, 3.8) is 0 Å². The minimum atomic E-state index is 0.434. The Labute approximate surface area is 137 Å². The Morgan fingerprint density at radius 2 is 2.09 bits per heavy atom. The maximum Gasteiger partial charge on any atom is 0.0738 e. The Hall–Kier alpha value is -1.73. The molecule has 0 spiro atoms. The number of hydrogen-bond donors (Lipinski definition) is 0. The van der Waals surface area contributed by atoms with Gasteiger partial charge in [0, 0.05) is 33.4 Å². The molecule has 0 saturated carbocycles. The van der Waals surface area contributed by atoms with Crippen LogP contribution in [0.15, 0.2) is 18.5 Å². The summed E-state index contributed by atoms with van der Waals surface area (Å²) in [5.41, 5.74) is 2.46. The first-order valence-corrected chi connectivity index (χ1v) is 8.26. The van der Waals surface area contributed by atoms with Gasteiger partial charge in [0.1, 0.15) is 0 Å². The topological polar surface area (TPSA) is 55.0 Å². The van der Waals surface area contributed by atoms with Gasteiger partial charge in [0.25, 0.3) is 0 Å². The summed E-state index contributed by atoms with van der Waals surface area (Å²) in [5, 5.41) is 12.4. The van der Waals surface area contributed by atoms with E-state index in [0.29, 0.717) is 12.0 Å². The SMILES string of the molecule is CN(Cc1cnnn1C)C[C@@H]1CCCN(C)[C@H]1c1ccnn1C. The van der Waals surface area contributed by atoms with Crippen LogP contribution in [0.25, 0.3) is 0 Å². The third-order valence-corrected chi connectivity index (χ3v) is 4.96. The fourth-order valence-electron chi connectivity index (χ4n) is 3.79. The molecule has 0 amide bonds. The maximum absolute atomic E-state index is 4.37. The molecule has 3 rings (SSSR count). The van der Waals surface area contributed by atoms with E-state index in [2.05, 4.69) is 45.4 Å². The van der Waals surface area contributed by atoms with Gasteiger partial charge >= 0.3 is 0 Å². The lowest BCUT2D eigenvalue weighted by molar-refractivity contribution is 0.0867. The molecule has 3 heterocycles. The summed E-state index contributed by atoms with van der Waals surface area (Å²) in [5.74, 6) is 0.607. The first-order chi connectivity index (χ1) is 11.1. The van der Waals surface area contributed by atoms with Gasteiger partial charge in [-0.1, -0.05) is 5.21 Å². The fourth-order valence-corrected chi connectivity index (χ4v) is 3.79. The van der Waals surface area contributed by atoms with Crippen LogP contribution in [0.5, 0.6) is 0 Å². The van der Waals surface area contributed by atoms with E-state index in [9.17, 15) is 0 Å². The molecule has 126 valence electrons. The van der Waals surface area contributed by atoms with E-state index in [-0.39, 0.29) is 0 Å². The molecule has 1 aliphatic heterocycles. The fraction of sp³-hybridized carbons (Fsp3) is 0.688. The average Bonchev–Trinajstić information content (AvgIpc) is 3.09. The second-order valence-corrected chi connectivity index (χ2v) is 6.75. The van der Waals surface area contributed by atoms with E-state index in [1.54, 1.807) is 0 Å². The summed E-state index contributed by atoms with van der Waals surface area (Å²) in [4.78, 5) is 4.86. The van der Waals surface area contributed by atoms with Gasteiger partial charge in [-0.15, -0.1) is 5.10 Å². The molecule has 0 unspecified atom stereocenters. The number of likely N-dealkylation sites (tertiary alicyclic amines) is 1. The van der Waals surface area contributed by atoms with E-state index < -0.39 is 0 Å². The average molecular weight is 317 g/mol. The quantitative estimate of drug-likeness (QED) is 0.825. The zero-order valence-electron chi connectivity index (χ0n) is 14.6. The Balaban J connectivity index is 1.71. The van der Waals surface area contributed by atoms with Crippen molar-refractivity contribution in [3.05, 3.63) is 29.8 Å². The van der Waals surface area contributed by atoms with Gasteiger partial charge in [0.05, 0.1) is 23.6 Å². The number of rotatable bonds is 5. The monoisotopic (exact) mass is 317 g/mol. The number of aromatic nitrogens is 5. The van der Waals surface area contributed by atoms with Crippen LogP contribution in [0.2, 0.25) is 0 Å². The molecule has 0 N–H and O–H groups in total. The maximum atomic E-state index is 4.37. The number of piperidine rings is 1. The molecule has 7 heteroatoms. The molecule has 2 atom stereocenters. The highest BCUT2D eigenvalue weighted by Crippen LogP contribution is 2.35. The second-order valence-electron chi connectivity index (χ2n) is 6.75. The number of hydrogen-bond acceptors (Lipinski definition) is 5. The highest BCUT2D eigenvalue weighted by molar-refractivity contribution is 5.10. The van der Waals surface area contributed by atoms with Crippen molar-refractivity contribution in [2.45, 2.75) is 25.4 Å². The molecular weight excluding hydrogens is 290 g/mol. The molecule has 2 aromatic heterocycles. The van der Waals surface area contributed by atoms with Gasteiger partial charge in [-0.2, -0.15) is 5.10 Å². The predicted octanol–water partition coefficient (Wildman–Crippen LogP) is 1.06. The van der Waals surface area contributed by atoms with Crippen molar-refractivity contribution in [2.24, 2.45) is 20.0 Å². The van der Waals surface area contributed by atoms with Crippen LogP contribution in [0, 0.1) is 5.92 Å². The standard InChI is InChI=1S/C16H27N7/c1-20(12-14-10-17-19-22(14)3)11-13-6-5-9-21(2)16(13)15-7-8-18-23(15)4/h7-8,10,13,16H,5-6,9,11-12H2,1-4H3/t13-,16+/m0/s1. The smallest absolute Gasteiger partial charge is 0.0738 e. The van der Waals surface area contributed by atoms with Crippen LogP contribution in [0.3, 0.4) is 0 Å². The molecular formula is C16H27N7. The van der Waals surface area contributed by atoms with Crippen LogP contribution in [0.4, 0.5) is 0 Å². The number of nitrogens with zero attached hydrogens (tertiary/aromatic N) is 7. The summed E-state index contributed by atoms with van der Waals surface area (Å²) < 4.78 is 3.87. The van der Waals surface area contributed by atoms with Gasteiger partial charge in [-0.3, -0.25) is 14.3 Å². The second kappa shape index (κ2) is 6.80. The van der Waals surface area contributed by atoms with E-state index in [1.165, 1.54) is 18.5 Å². The van der Waals surface area contributed by atoms with Crippen LogP contribution in [0.1, 0.15) is 30.3 Å². The zero-order valence-corrected chi connectivity index (χ0v) is 14.6. The lowest BCUT2D eigenvalue weighted by Gasteiger charge is -2.40. The van der Waals surface area contributed by atoms with Crippen molar-refractivity contribution in [1.82, 2.24) is 34.6 Å². The van der Waals surface area contributed by atoms with Crippen molar-refractivity contribution >= 4 is 0 Å². The highest BCUT2D eigenvalue weighted by Gasteiger charge is 2.33. The Kier molecular flexibility index (Phi) is 4.77. The van der Waals surface area contributed by atoms with E-state index in [0.717, 1.165) is 25.3 Å². The van der Waals surface area contributed by atoms with Crippen molar-refractivity contribution in [2.75, 3.05) is 27.2 Å². The van der Waals surface area contributed by atoms with Crippen LogP contribution >= 0.6 is 0 Å². The van der Waals surface area contributed by atoms with Gasteiger partial charge < -0.3 is 4.90 Å². The molecule has 1 saturated heterocycles. The first-order valence-electron chi connectivity index (χ1n) is 8.26. The van der Waals surface area contributed by atoms with Gasteiger partial charge in [-0.25, -0.2) is 0 Å². The first kappa shape index (κ1) is 16.1. The van der Waals surface area contributed by atoms with Gasteiger partial charge in [-0.05, 0) is 45.5 Å². The Morgan fingerprint density at radius 3 is 2.74 bits per heavy atom. The molecule has 0 aromatic carbocycles. The molecule has 2 aromatic rings. The number of aryl methyl sites for hydroxylation is 2. The van der Waals surface area contributed by atoms with Gasteiger partial charge in [0.2, 0.25) is 0 Å². The third-order valence-electron chi connectivity index (χ3n) is 4.96. The molecule has 1 aliphatic rings. The van der Waals surface area contributed by atoms with Crippen LogP contribution < -0.4 is 0 Å². The van der Waals surface area contributed by atoms with E-state index in [1.807, 2.05) is 35.9 Å². The lowest BCUT2D eigenvalue weighted by atomic mass is 9.87. The van der Waals surface area contributed by atoms with Crippen LogP contribution in [-0.4, -0.2) is 61.8 Å². The molecule has 0 radical (unpaired) electrons. The minimum absolute atomic E-state index is 0.434. The Bertz CT molecular complexity index is 632. The van der Waals surface area contributed by atoms with Gasteiger partial charge in [0.15, 0.2) is 0 Å². The summed E-state index contributed by atoms with van der Waals surface area (Å²) in [7, 11) is 8.40. The summed E-state index contributed by atoms with van der Waals surface area (Å²) in [6.07, 6.45) is 6.27. The van der Waals surface area contributed by atoms with E-state index in [4.69, 9.17) is 0 Å². The molecule has 0 bridgehead atoms. The predicted molar refractivity (Wildman–Crippen MR) is 88.6 cm³/mol. The molecule has 0 aliphatic carbocycles. The van der Waals surface area contributed by atoms with Crippen molar-refractivity contribution < 1.29 is 0 Å². The lowest BCUT2D eigenvalue weighted by Crippen LogP contribution is -2.41. The van der Waals surface area contributed by atoms with Crippen LogP contribution in [-0.2, 0) is 20.6 Å². The molecule has 1 fully saturated rings. The Morgan fingerprint density at radius 1 is 1.26 bits per heavy atom.